The van der Waals surface area contributed by atoms with E-state index in [4.69, 9.17) is 5.11 Å². The lowest BCUT2D eigenvalue weighted by molar-refractivity contribution is -0.138. The molecule has 2 amide bonds. The Morgan fingerprint density at radius 3 is 2.52 bits per heavy atom. The first kappa shape index (κ1) is 17.3. The van der Waals surface area contributed by atoms with E-state index in [9.17, 15) is 9.59 Å². The van der Waals surface area contributed by atoms with E-state index >= 15 is 0 Å². The Labute approximate surface area is 137 Å². The van der Waals surface area contributed by atoms with Crippen molar-refractivity contribution in [2.45, 2.75) is 64.6 Å². The average Bonchev–Trinajstić information content (AvgIpc) is 2.54. The van der Waals surface area contributed by atoms with Crippen LogP contribution in [-0.4, -0.2) is 34.1 Å². The summed E-state index contributed by atoms with van der Waals surface area (Å²) in [4.78, 5) is 25.5. The number of aliphatic carboxylic acids is 1. The quantitative estimate of drug-likeness (QED) is 0.875. The van der Waals surface area contributed by atoms with Crippen molar-refractivity contribution in [3.8, 4) is 0 Å². The van der Waals surface area contributed by atoms with Crippen molar-refractivity contribution < 1.29 is 14.7 Å². The van der Waals surface area contributed by atoms with Crippen LogP contribution in [0.15, 0.2) is 24.3 Å². The first-order valence-corrected chi connectivity index (χ1v) is 8.33. The van der Waals surface area contributed by atoms with Gasteiger partial charge in [-0.3, -0.25) is 4.79 Å². The predicted molar refractivity (Wildman–Crippen MR) is 89.2 cm³/mol. The van der Waals surface area contributed by atoms with Crippen LogP contribution >= 0.6 is 0 Å². The van der Waals surface area contributed by atoms with Gasteiger partial charge in [0.15, 0.2) is 0 Å². The van der Waals surface area contributed by atoms with Crippen LogP contribution in [0.2, 0.25) is 0 Å². The SMILES string of the molecule is Cc1ccccc1CN(C(=O)N[C@@H](C)C(=O)O)C1CCCCC1. The largest absolute Gasteiger partial charge is 0.480 e. The molecule has 1 aliphatic carbocycles. The maximum absolute atomic E-state index is 12.6. The molecule has 0 aliphatic heterocycles. The number of aryl methyl sites for hydroxylation is 1. The van der Waals surface area contributed by atoms with Crippen LogP contribution in [0.4, 0.5) is 4.79 Å². The first-order valence-electron chi connectivity index (χ1n) is 8.33. The Hall–Kier alpha value is -2.04. The molecular weight excluding hydrogens is 292 g/mol. The standard InChI is InChI=1S/C18H26N2O3/c1-13-8-6-7-9-15(13)12-20(16-10-4-3-5-11-16)18(23)19-14(2)17(21)22/h6-9,14,16H,3-5,10-12H2,1-2H3,(H,19,23)(H,21,22)/t14-/m0/s1. The Balaban J connectivity index is 2.15. The van der Waals surface area contributed by atoms with Crippen LogP contribution in [0.1, 0.15) is 50.2 Å². The molecular formula is C18H26N2O3. The van der Waals surface area contributed by atoms with Gasteiger partial charge in [-0.05, 0) is 37.8 Å². The smallest absolute Gasteiger partial charge is 0.325 e. The van der Waals surface area contributed by atoms with E-state index in [1.807, 2.05) is 36.1 Å². The molecule has 0 aromatic heterocycles. The number of nitrogens with one attached hydrogen (secondary N) is 1. The summed E-state index contributed by atoms with van der Waals surface area (Å²) in [5, 5.41) is 11.6. The Morgan fingerprint density at radius 1 is 1.26 bits per heavy atom. The van der Waals surface area contributed by atoms with E-state index in [1.165, 1.54) is 13.3 Å². The van der Waals surface area contributed by atoms with Crippen LogP contribution in [-0.2, 0) is 11.3 Å². The zero-order chi connectivity index (χ0) is 16.8. The Kier molecular flexibility index (Phi) is 6.02. The lowest BCUT2D eigenvalue weighted by atomic mass is 9.93. The van der Waals surface area contributed by atoms with Gasteiger partial charge in [0.25, 0.3) is 0 Å². The summed E-state index contributed by atoms with van der Waals surface area (Å²) in [5.41, 5.74) is 2.25. The van der Waals surface area contributed by atoms with Gasteiger partial charge in [0.2, 0.25) is 0 Å². The molecule has 0 saturated heterocycles. The zero-order valence-electron chi connectivity index (χ0n) is 13.9. The number of benzene rings is 1. The van der Waals surface area contributed by atoms with Crippen molar-refractivity contribution in [2.24, 2.45) is 0 Å². The van der Waals surface area contributed by atoms with E-state index in [0.29, 0.717) is 6.54 Å². The first-order chi connectivity index (χ1) is 11.0. The highest BCUT2D eigenvalue weighted by molar-refractivity contribution is 5.82. The van der Waals surface area contributed by atoms with E-state index in [2.05, 4.69) is 5.32 Å². The van der Waals surface area contributed by atoms with Gasteiger partial charge in [-0.2, -0.15) is 0 Å². The molecule has 1 aliphatic rings. The van der Waals surface area contributed by atoms with Crippen LogP contribution < -0.4 is 5.32 Å². The number of nitrogens with zero attached hydrogens (tertiary/aromatic N) is 1. The van der Waals surface area contributed by atoms with Gasteiger partial charge in [-0.25, -0.2) is 4.79 Å². The van der Waals surface area contributed by atoms with Gasteiger partial charge in [-0.1, -0.05) is 43.5 Å². The fourth-order valence-electron chi connectivity index (χ4n) is 3.06. The van der Waals surface area contributed by atoms with Crippen molar-refractivity contribution in [3.63, 3.8) is 0 Å². The number of amides is 2. The summed E-state index contributed by atoms with van der Waals surface area (Å²) in [6, 6.07) is 7.03. The van der Waals surface area contributed by atoms with E-state index < -0.39 is 12.0 Å². The van der Waals surface area contributed by atoms with Crippen molar-refractivity contribution >= 4 is 12.0 Å². The second kappa shape index (κ2) is 7.99. The lowest BCUT2D eigenvalue weighted by Crippen LogP contribution is -2.50. The molecule has 126 valence electrons. The maximum Gasteiger partial charge on any atom is 0.325 e. The highest BCUT2D eigenvalue weighted by atomic mass is 16.4. The molecule has 1 atom stereocenters. The van der Waals surface area contributed by atoms with Gasteiger partial charge < -0.3 is 15.3 Å². The molecule has 0 unspecified atom stereocenters. The fraction of sp³-hybridized carbons (Fsp3) is 0.556. The number of carboxylic acid groups (broad SMARTS) is 1. The molecule has 2 rings (SSSR count). The summed E-state index contributed by atoms with van der Waals surface area (Å²) < 4.78 is 0. The number of hydrogen-bond acceptors (Lipinski definition) is 2. The monoisotopic (exact) mass is 318 g/mol. The molecule has 1 aromatic rings. The number of carbonyl (C=O) groups excluding carboxylic acids is 1. The summed E-state index contributed by atoms with van der Waals surface area (Å²) >= 11 is 0. The minimum absolute atomic E-state index is 0.185. The Bertz CT molecular complexity index is 553. The van der Waals surface area contributed by atoms with Crippen LogP contribution in [0.25, 0.3) is 0 Å². The molecule has 2 N–H and O–H groups in total. The third-order valence-electron chi connectivity index (χ3n) is 4.59. The van der Waals surface area contributed by atoms with Crippen molar-refractivity contribution in [1.29, 1.82) is 0 Å². The minimum atomic E-state index is -1.02. The van der Waals surface area contributed by atoms with E-state index in [1.54, 1.807) is 0 Å². The number of urea groups is 1. The van der Waals surface area contributed by atoms with Gasteiger partial charge in [0.1, 0.15) is 6.04 Å². The summed E-state index contributed by atoms with van der Waals surface area (Å²) in [6.07, 6.45) is 5.43. The number of carboxylic acids is 1. The van der Waals surface area contributed by atoms with Crippen LogP contribution in [0.3, 0.4) is 0 Å². The highest BCUT2D eigenvalue weighted by Gasteiger charge is 2.27. The highest BCUT2D eigenvalue weighted by Crippen LogP contribution is 2.25. The molecule has 0 bridgehead atoms. The van der Waals surface area contributed by atoms with Crippen molar-refractivity contribution in [1.82, 2.24) is 10.2 Å². The molecule has 23 heavy (non-hydrogen) atoms. The molecule has 1 aromatic carbocycles. The fourth-order valence-corrected chi connectivity index (χ4v) is 3.06. The number of carbonyl (C=O) groups is 2. The van der Waals surface area contributed by atoms with Crippen LogP contribution in [0.5, 0.6) is 0 Å². The van der Waals surface area contributed by atoms with E-state index in [0.717, 1.165) is 36.8 Å². The number of hydrogen-bond donors (Lipinski definition) is 2. The van der Waals surface area contributed by atoms with Crippen molar-refractivity contribution in [3.05, 3.63) is 35.4 Å². The topological polar surface area (TPSA) is 69.6 Å². The lowest BCUT2D eigenvalue weighted by Gasteiger charge is -2.35. The maximum atomic E-state index is 12.6. The second-order valence-corrected chi connectivity index (χ2v) is 6.36. The second-order valence-electron chi connectivity index (χ2n) is 6.36. The molecule has 5 nitrogen and oxygen atoms in total. The summed E-state index contributed by atoms with van der Waals surface area (Å²) in [5.74, 6) is -1.02. The summed E-state index contributed by atoms with van der Waals surface area (Å²) in [7, 11) is 0. The molecule has 1 saturated carbocycles. The van der Waals surface area contributed by atoms with Gasteiger partial charge >= 0.3 is 12.0 Å². The molecule has 1 fully saturated rings. The van der Waals surface area contributed by atoms with Gasteiger partial charge in [0, 0.05) is 12.6 Å². The molecule has 0 radical (unpaired) electrons. The number of rotatable bonds is 5. The summed E-state index contributed by atoms with van der Waals surface area (Å²) in [6.45, 7) is 4.05. The third-order valence-corrected chi connectivity index (χ3v) is 4.59. The van der Waals surface area contributed by atoms with Gasteiger partial charge in [-0.15, -0.1) is 0 Å². The average molecular weight is 318 g/mol. The third kappa shape index (κ3) is 4.71. The Morgan fingerprint density at radius 2 is 1.91 bits per heavy atom. The minimum Gasteiger partial charge on any atom is -0.480 e. The van der Waals surface area contributed by atoms with E-state index in [-0.39, 0.29) is 12.1 Å². The van der Waals surface area contributed by atoms with Gasteiger partial charge in [0.05, 0.1) is 0 Å². The van der Waals surface area contributed by atoms with Crippen molar-refractivity contribution in [2.75, 3.05) is 0 Å². The molecule has 5 heteroatoms. The van der Waals surface area contributed by atoms with Crippen LogP contribution in [0, 0.1) is 6.92 Å². The molecule has 0 heterocycles. The molecule has 0 spiro atoms. The predicted octanol–water partition coefficient (Wildman–Crippen LogP) is 3.31. The normalized spacial score (nSPS) is 16.6. The zero-order valence-corrected chi connectivity index (χ0v) is 13.9.